The van der Waals surface area contributed by atoms with Gasteiger partial charge in [0.1, 0.15) is 0 Å². The molecule has 0 aromatic carbocycles. The van der Waals surface area contributed by atoms with E-state index in [1.54, 1.807) is 12.1 Å². The van der Waals surface area contributed by atoms with Crippen molar-refractivity contribution in [2.45, 2.75) is 37.7 Å². The van der Waals surface area contributed by atoms with Gasteiger partial charge < -0.3 is 5.11 Å². The van der Waals surface area contributed by atoms with Crippen LogP contribution in [0.4, 0.5) is 4.39 Å². The van der Waals surface area contributed by atoms with Crippen LogP contribution >= 0.6 is 0 Å². The highest BCUT2D eigenvalue weighted by atomic mass is 19.1. The van der Waals surface area contributed by atoms with Gasteiger partial charge in [0.2, 0.25) is 5.95 Å². The maximum absolute atomic E-state index is 13.3. The minimum atomic E-state index is -0.383. The van der Waals surface area contributed by atoms with Crippen LogP contribution in [0.1, 0.15) is 37.2 Å². The molecule has 0 amide bonds. The average Bonchev–Trinajstić information content (AvgIpc) is 2.18. The van der Waals surface area contributed by atoms with Gasteiger partial charge in [-0.3, -0.25) is 0 Å². The van der Waals surface area contributed by atoms with E-state index in [0.29, 0.717) is 12.0 Å². The second kappa shape index (κ2) is 4.05. The smallest absolute Gasteiger partial charge is 0.216 e. The monoisotopic (exact) mass is 195 g/mol. The Morgan fingerprint density at radius 2 is 2.29 bits per heavy atom. The summed E-state index contributed by atoms with van der Waals surface area (Å²) in [6, 6.07) is 3.52. The SMILES string of the molecule is O[C@H]1CCC[C@H](c2cccnc2F)C1. The first-order valence-corrected chi connectivity index (χ1v) is 5.06. The maximum atomic E-state index is 13.3. The molecule has 14 heavy (non-hydrogen) atoms. The van der Waals surface area contributed by atoms with E-state index in [2.05, 4.69) is 4.98 Å². The Labute approximate surface area is 82.8 Å². The fourth-order valence-corrected chi connectivity index (χ4v) is 2.15. The fourth-order valence-electron chi connectivity index (χ4n) is 2.15. The Morgan fingerprint density at radius 3 is 3.00 bits per heavy atom. The third-order valence-electron chi connectivity index (χ3n) is 2.87. The predicted octanol–water partition coefficient (Wildman–Crippen LogP) is 2.24. The molecule has 2 atom stereocenters. The number of rotatable bonds is 1. The average molecular weight is 195 g/mol. The molecule has 1 aromatic rings. The van der Waals surface area contributed by atoms with E-state index in [1.165, 1.54) is 6.20 Å². The zero-order valence-electron chi connectivity index (χ0n) is 7.99. The van der Waals surface area contributed by atoms with Gasteiger partial charge >= 0.3 is 0 Å². The molecule has 2 nitrogen and oxygen atoms in total. The van der Waals surface area contributed by atoms with Gasteiger partial charge in [-0.25, -0.2) is 4.98 Å². The highest BCUT2D eigenvalue weighted by Crippen LogP contribution is 2.33. The second-order valence-electron chi connectivity index (χ2n) is 3.90. The van der Waals surface area contributed by atoms with E-state index in [9.17, 15) is 9.50 Å². The van der Waals surface area contributed by atoms with Gasteiger partial charge in [0, 0.05) is 11.8 Å². The van der Waals surface area contributed by atoms with Crippen LogP contribution in [0.3, 0.4) is 0 Å². The predicted molar refractivity (Wildman–Crippen MR) is 51.4 cm³/mol. The van der Waals surface area contributed by atoms with Crippen molar-refractivity contribution in [1.82, 2.24) is 4.98 Å². The van der Waals surface area contributed by atoms with E-state index in [1.807, 2.05) is 0 Å². The van der Waals surface area contributed by atoms with E-state index in [-0.39, 0.29) is 18.0 Å². The minimum absolute atomic E-state index is 0.146. The lowest BCUT2D eigenvalue weighted by Gasteiger charge is -2.25. The van der Waals surface area contributed by atoms with Gasteiger partial charge in [0.15, 0.2) is 0 Å². The molecular weight excluding hydrogens is 181 g/mol. The molecule has 1 aliphatic carbocycles. The summed E-state index contributed by atoms with van der Waals surface area (Å²) in [5.74, 6) is -0.237. The van der Waals surface area contributed by atoms with Crippen molar-refractivity contribution in [3.63, 3.8) is 0 Å². The van der Waals surface area contributed by atoms with Crippen LogP contribution in [0.25, 0.3) is 0 Å². The van der Waals surface area contributed by atoms with Crippen molar-refractivity contribution in [3.8, 4) is 0 Å². The number of halogens is 1. The van der Waals surface area contributed by atoms with Crippen LogP contribution in [0, 0.1) is 5.95 Å². The fraction of sp³-hybridized carbons (Fsp3) is 0.545. The summed E-state index contributed by atoms with van der Waals surface area (Å²) in [5, 5.41) is 9.49. The number of hydrogen-bond donors (Lipinski definition) is 1. The number of hydrogen-bond acceptors (Lipinski definition) is 2. The molecule has 1 saturated carbocycles. The zero-order valence-corrected chi connectivity index (χ0v) is 7.99. The van der Waals surface area contributed by atoms with E-state index < -0.39 is 0 Å². The zero-order chi connectivity index (χ0) is 9.97. The molecule has 0 saturated heterocycles. The third kappa shape index (κ3) is 1.93. The molecule has 0 bridgehead atoms. The van der Waals surface area contributed by atoms with Gasteiger partial charge in [0.05, 0.1) is 6.10 Å². The quantitative estimate of drug-likeness (QED) is 0.697. The second-order valence-corrected chi connectivity index (χ2v) is 3.90. The lowest BCUT2D eigenvalue weighted by molar-refractivity contribution is 0.118. The highest BCUT2D eigenvalue weighted by Gasteiger charge is 2.23. The van der Waals surface area contributed by atoms with E-state index >= 15 is 0 Å². The van der Waals surface area contributed by atoms with Gasteiger partial charge in [-0.15, -0.1) is 0 Å². The van der Waals surface area contributed by atoms with Crippen LogP contribution in [-0.4, -0.2) is 16.2 Å². The Hall–Kier alpha value is -0.960. The lowest BCUT2D eigenvalue weighted by atomic mass is 9.83. The molecule has 0 unspecified atom stereocenters. The summed E-state index contributed by atoms with van der Waals surface area (Å²) in [4.78, 5) is 3.63. The topological polar surface area (TPSA) is 33.1 Å². The Bertz CT molecular complexity index is 316. The van der Waals surface area contributed by atoms with Crippen molar-refractivity contribution in [1.29, 1.82) is 0 Å². The molecule has 0 aliphatic heterocycles. The van der Waals surface area contributed by atoms with Crippen molar-refractivity contribution < 1.29 is 9.50 Å². The molecule has 0 spiro atoms. The first kappa shape index (κ1) is 9.59. The van der Waals surface area contributed by atoms with Gasteiger partial charge in [-0.1, -0.05) is 12.5 Å². The molecule has 1 aliphatic rings. The number of aliphatic hydroxyl groups excluding tert-OH is 1. The van der Waals surface area contributed by atoms with Crippen LogP contribution in [0.15, 0.2) is 18.3 Å². The van der Waals surface area contributed by atoms with Crippen molar-refractivity contribution in [2.75, 3.05) is 0 Å². The molecule has 1 fully saturated rings. The minimum Gasteiger partial charge on any atom is -0.393 e. The molecule has 1 heterocycles. The van der Waals surface area contributed by atoms with Crippen LogP contribution < -0.4 is 0 Å². The summed E-state index contributed by atoms with van der Waals surface area (Å²) < 4.78 is 13.3. The van der Waals surface area contributed by atoms with Gasteiger partial charge in [-0.2, -0.15) is 4.39 Å². The van der Waals surface area contributed by atoms with Crippen LogP contribution in [0.2, 0.25) is 0 Å². The summed E-state index contributed by atoms with van der Waals surface area (Å²) in [6.45, 7) is 0. The molecule has 76 valence electrons. The third-order valence-corrected chi connectivity index (χ3v) is 2.87. The van der Waals surface area contributed by atoms with Crippen molar-refractivity contribution >= 4 is 0 Å². The summed E-state index contributed by atoms with van der Waals surface area (Å²) in [6.07, 6.45) is 4.63. The van der Waals surface area contributed by atoms with Gasteiger partial charge in [-0.05, 0) is 31.2 Å². The largest absolute Gasteiger partial charge is 0.393 e. The summed E-state index contributed by atoms with van der Waals surface area (Å²) in [7, 11) is 0. The highest BCUT2D eigenvalue weighted by molar-refractivity contribution is 5.17. The van der Waals surface area contributed by atoms with Crippen LogP contribution in [0.5, 0.6) is 0 Å². The molecule has 3 heteroatoms. The van der Waals surface area contributed by atoms with E-state index in [0.717, 1.165) is 19.3 Å². The molecule has 1 N–H and O–H groups in total. The number of aliphatic hydroxyl groups is 1. The summed E-state index contributed by atoms with van der Waals surface area (Å²) >= 11 is 0. The van der Waals surface area contributed by atoms with Gasteiger partial charge in [0.25, 0.3) is 0 Å². The van der Waals surface area contributed by atoms with E-state index in [4.69, 9.17) is 0 Å². The number of pyridine rings is 1. The van der Waals surface area contributed by atoms with Crippen molar-refractivity contribution in [3.05, 3.63) is 29.8 Å². The number of aromatic nitrogens is 1. The number of nitrogens with zero attached hydrogens (tertiary/aromatic N) is 1. The normalized spacial score (nSPS) is 27.6. The maximum Gasteiger partial charge on any atom is 0.216 e. The van der Waals surface area contributed by atoms with Crippen molar-refractivity contribution in [2.24, 2.45) is 0 Å². The Morgan fingerprint density at radius 1 is 1.43 bits per heavy atom. The standard InChI is InChI=1S/C11H14FNO/c12-11-10(5-2-6-13-11)8-3-1-4-9(14)7-8/h2,5-6,8-9,14H,1,3-4,7H2/t8-,9-/m0/s1. The first-order valence-electron chi connectivity index (χ1n) is 5.06. The first-order chi connectivity index (χ1) is 6.77. The molecule has 1 aromatic heterocycles. The Balaban J connectivity index is 2.18. The Kier molecular flexibility index (Phi) is 2.77. The lowest BCUT2D eigenvalue weighted by Crippen LogP contribution is -2.19. The van der Waals surface area contributed by atoms with Crippen LogP contribution in [-0.2, 0) is 0 Å². The summed E-state index contributed by atoms with van der Waals surface area (Å²) in [5.41, 5.74) is 0.659. The molecular formula is C11H14FNO. The molecule has 0 radical (unpaired) electrons. The molecule has 2 rings (SSSR count).